The summed E-state index contributed by atoms with van der Waals surface area (Å²) in [7, 11) is 0. The van der Waals surface area contributed by atoms with Crippen molar-refractivity contribution in [1.82, 2.24) is 9.80 Å². The number of alkyl halides is 1. The summed E-state index contributed by atoms with van der Waals surface area (Å²) in [5.41, 5.74) is 0. The molecule has 0 heterocycles. The van der Waals surface area contributed by atoms with E-state index in [2.05, 4.69) is 9.80 Å². The van der Waals surface area contributed by atoms with Crippen LogP contribution in [0.15, 0.2) is 0 Å². The Morgan fingerprint density at radius 2 is 0.686 bits per heavy atom. The van der Waals surface area contributed by atoms with Crippen LogP contribution in [0.3, 0.4) is 0 Å². The molecule has 0 amide bonds. The number of rotatable bonds is 6. The first-order valence-corrected chi connectivity index (χ1v) is 24.8. The average Bonchev–Trinajstić information content (AvgIpc) is 3.74. The summed E-state index contributed by atoms with van der Waals surface area (Å²) in [4.78, 5) is 6.72. The van der Waals surface area contributed by atoms with Gasteiger partial charge >= 0.3 is 0 Å². The zero-order valence-electron chi connectivity index (χ0n) is 33.0. The number of fused-ring (bicyclic) bond motifs is 7. The lowest BCUT2D eigenvalue weighted by Crippen LogP contribution is -2.59. The van der Waals surface area contributed by atoms with Gasteiger partial charge in [-0.25, -0.2) is 0 Å². The van der Waals surface area contributed by atoms with Crippen LogP contribution in [-0.2, 0) is 0 Å². The lowest BCUT2D eigenvalue weighted by molar-refractivity contribution is -0.0584. The van der Waals surface area contributed by atoms with E-state index in [9.17, 15) is 0 Å². The highest BCUT2D eigenvalue weighted by Crippen LogP contribution is 2.57. The minimum Gasteiger partial charge on any atom is -0.294 e. The van der Waals surface area contributed by atoms with Crippen LogP contribution in [0.1, 0.15) is 199 Å². The molecule has 2 nitrogen and oxygen atoms in total. The second-order valence-corrected chi connectivity index (χ2v) is 22.3. The molecule has 51 heavy (non-hydrogen) atoms. The van der Waals surface area contributed by atoms with Crippen LogP contribution in [0.4, 0.5) is 0 Å². The first-order valence-electron chi connectivity index (χ1n) is 24.4. The zero-order valence-corrected chi connectivity index (χ0v) is 33.8. The van der Waals surface area contributed by atoms with Crippen molar-refractivity contribution in [2.45, 2.75) is 241 Å². The summed E-state index contributed by atoms with van der Waals surface area (Å²) in [6.45, 7) is 0. The van der Waals surface area contributed by atoms with Gasteiger partial charge in [-0.05, 0) is 188 Å². The standard InChI is InChI=1S/C48H79ClN2/c49-37-16-18-38(19-17-37)50(41-24-26-45-35(30-41)28-33-9-2-4-12-43(33)45)39-20-22-40(23-21-39)51(48-15-7-11-32-8-1-6-14-47(32)48)42-25-27-46-36(31-42)29-34-10-3-5-13-44(34)46/h32-48H,1-31H2. The molecule has 13 unspecified atom stereocenters. The number of halogens is 1. The normalized spacial score (nSPS) is 51.7. The fourth-order valence-corrected chi connectivity index (χ4v) is 17.9. The van der Waals surface area contributed by atoms with Crippen LogP contribution >= 0.6 is 11.6 Å². The molecule has 0 aliphatic heterocycles. The van der Waals surface area contributed by atoms with Gasteiger partial charge in [0.2, 0.25) is 0 Å². The van der Waals surface area contributed by atoms with Crippen LogP contribution in [0.25, 0.3) is 0 Å². The van der Waals surface area contributed by atoms with Gasteiger partial charge in [0.25, 0.3) is 0 Å². The Morgan fingerprint density at radius 3 is 1.27 bits per heavy atom. The number of hydrogen-bond acceptors (Lipinski definition) is 2. The highest BCUT2D eigenvalue weighted by Gasteiger charge is 2.52. The van der Waals surface area contributed by atoms with E-state index in [0.717, 1.165) is 95.4 Å². The third kappa shape index (κ3) is 6.99. The third-order valence-corrected chi connectivity index (χ3v) is 20.0. The molecule has 10 aliphatic rings. The number of hydrogen-bond donors (Lipinski definition) is 0. The smallest absolute Gasteiger partial charge is 0.0337 e. The predicted molar refractivity (Wildman–Crippen MR) is 214 cm³/mol. The molecule has 0 aromatic rings. The Kier molecular flexibility index (Phi) is 10.9. The van der Waals surface area contributed by atoms with Gasteiger partial charge in [0, 0.05) is 41.6 Å². The van der Waals surface area contributed by atoms with E-state index in [1.807, 2.05) is 0 Å². The molecule has 288 valence electrons. The molecular weight excluding hydrogens is 640 g/mol. The molecule has 0 spiro atoms. The molecule has 10 fully saturated rings. The maximum absolute atomic E-state index is 6.80. The van der Waals surface area contributed by atoms with Crippen LogP contribution in [-0.4, -0.2) is 51.4 Å². The van der Waals surface area contributed by atoms with E-state index in [0.29, 0.717) is 5.38 Å². The van der Waals surface area contributed by atoms with Crippen molar-refractivity contribution in [3.63, 3.8) is 0 Å². The minimum absolute atomic E-state index is 0.444. The highest BCUT2D eigenvalue weighted by molar-refractivity contribution is 6.20. The lowest BCUT2D eigenvalue weighted by atomic mass is 9.66. The SMILES string of the molecule is ClC1CCC(N(C2CCC(N(C3CCC4C(CC5CCCCC54)C3)C3CCCC4CCCCC43)CC2)C2CCC3C(CC4CCCCC43)C2)CC1. The molecule has 3 heteroatoms. The molecule has 0 aromatic heterocycles. The zero-order chi connectivity index (χ0) is 33.9. The van der Waals surface area contributed by atoms with Crippen molar-refractivity contribution >= 4 is 11.6 Å². The van der Waals surface area contributed by atoms with Crippen molar-refractivity contribution in [2.24, 2.45) is 59.2 Å². The van der Waals surface area contributed by atoms with E-state index in [4.69, 9.17) is 11.6 Å². The molecule has 13 atom stereocenters. The van der Waals surface area contributed by atoms with Crippen molar-refractivity contribution in [2.75, 3.05) is 0 Å². The highest BCUT2D eigenvalue weighted by atomic mass is 35.5. The summed E-state index contributed by atoms with van der Waals surface area (Å²) >= 11 is 6.80. The summed E-state index contributed by atoms with van der Waals surface area (Å²) < 4.78 is 0. The fraction of sp³-hybridized carbons (Fsp3) is 1.00. The van der Waals surface area contributed by atoms with E-state index >= 15 is 0 Å². The van der Waals surface area contributed by atoms with Gasteiger partial charge in [-0.15, -0.1) is 11.6 Å². The molecular formula is C48H79ClN2. The second kappa shape index (κ2) is 15.6. The lowest BCUT2D eigenvalue weighted by Gasteiger charge is -2.55. The predicted octanol–water partition coefficient (Wildman–Crippen LogP) is 12.8. The summed E-state index contributed by atoms with van der Waals surface area (Å²) in [5, 5.41) is 0.444. The third-order valence-electron chi connectivity index (χ3n) is 19.6. The van der Waals surface area contributed by atoms with E-state index in [-0.39, 0.29) is 0 Å². The van der Waals surface area contributed by atoms with Crippen LogP contribution < -0.4 is 0 Å². The Bertz CT molecular complexity index is 1140. The van der Waals surface area contributed by atoms with E-state index in [1.165, 1.54) is 103 Å². The summed E-state index contributed by atoms with van der Waals surface area (Å²) in [6.07, 6.45) is 47.2. The average molecular weight is 720 g/mol. The molecule has 10 aliphatic carbocycles. The van der Waals surface area contributed by atoms with Crippen molar-refractivity contribution in [1.29, 1.82) is 0 Å². The quantitative estimate of drug-likeness (QED) is 0.252. The van der Waals surface area contributed by atoms with Crippen LogP contribution in [0.2, 0.25) is 0 Å². The maximum atomic E-state index is 6.80. The van der Waals surface area contributed by atoms with Crippen molar-refractivity contribution in [3.8, 4) is 0 Å². The number of nitrogens with zero attached hydrogens (tertiary/aromatic N) is 2. The molecule has 0 N–H and O–H groups in total. The topological polar surface area (TPSA) is 6.48 Å². The van der Waals surface area contributed by atoms with Gasteiger partial charge < -0.3 is 0 Å². The van der Waals surface area contributed by atoms with Gasteiger partial charge in [0.1, 0.15) is 0 Å². The Balaban J connectivity index is 0.867. The van der Waals surface area contributed by atoms with Gasteiger partial charge in [0.15, 0.2) is 0 Å². The van der Waals surface area contributed by atoms with Crippen LogP contribution in [0.5, 0.6) is 0 Å². The summed E-state index contributed by atoms with van der Waals surface area (Å²) in [5.74, 6) is 10.8. The Labute approximate surface area is 320 Å². The van der Waals surface area contributed by atoms with Crippen molar-refractivity contribution < 1.29 is 0 Å². The summed E-state index contributed by atoms with van der Waals surface area (Å²) in [6, 6.07) is 5.27. The monoisotopic (exact) mass is 719 g/mol. The van der Waals surface area contributed by atoms with Gasteiger partial charge in [-0.2, -0.15) is 0 Å². The molecule has 10 rings (SSSR count). The fourth-order valence-electron chi connectivity index (χ4n) is 17.7. The van der Waals surface area contributed by atoms with E-state index in [1.54, 1.807) is 96.3 Å². The molecule has 0 radical (unpaired) electrons. The first kappa shape index (κ1) is 35.6. The van der Waals surface area contributed by atoms with Gasteiger partial charge in [-0.3, -0.25) is 9.80 Å². The molecule has 0 aromatic carbocycles. The Hall–Kier alpha value is 0.210. The van der Waals surface area contributed by atoms with Crippen LogP contribution in [0, 0.1) is 59.2 Å². The van der Waals surface area contributed by atoms with Gasteiger partial charge in [-0.1, -0.05) is 70.6 Å². The molecule has 10 saturated carbocycles. The Morgan fingerprint density at radius 1 is 0.275 bits per heavy atom. The first-order chi connectivity index (χ1) is 25.2. The minimum atomic E-state index is 0.444. The largest absolute Gasteiger partial charge is 0.294 e. The van der Waals surface area contributed by atoms with E-state index < -0.39 is 0 Å². The van der Waals surface area contributed by atoms with Crippen molar-refractivity contribution in [3.05, 3.63) is 0 Å². The maximum Gasteiger partial charge on any atom is 0.0337 e. The molecule has 0 saturated heterocycles. The second-order valence-electron chi connectivity index (χ2n) is 21.6. The molecule has 0 bridgehead atoms. The van der Waals surface area contributed by atoms with Gasteiger partial charge in [0.05, 0.1) is 0 Å².